The van der Waals surface area contributed by atoms with Crippen molar-refractivity contribution in [1.29, 1.82) is 0 Å². The summed E-state index contributed by atoms with van der Waals surface area (Å²) in [6, 6.07) is 5.44. The lowest BCUT2D eigenvalue weighted by atomic mass is 9.87. The molecule has 32 heavy (non-hydrogen) atoms. The first-order valence-corrected chi connectivity index (χ1v) is 9.82. The van der Waals surface area contributed by atoms with Crippen LogP contribution in [0.2, 0.25) is 0 Å². The number of nitrogen functional groups attached to an aromatic ring is 1. The van der Waals surface area contributed by atoms with Crippen molar-refractivity contribution in [2.45, 2.75) is 52.3 Å². The van der Waals surface area contributed by atoms with Crippen LogP contribution in [0.15, 0.2) is 36.8 Å². The molecule has 1 aliphatic carbocycles. The zero-order valence-corrected chi connectivity index (χ0v) is 16.9. The minimum Gasteiger partial charge on any atom is -0.368 e. The van der Waals surface area contributed by atoms with E-state index < -0.39 is 17.8 Å². The van der Waals surface area contributed by atoms with Crippen LogP contribution in [-0.4, -0.2) is 31.3 Å². The van der Waals surface area contributed by atoms with Gasteiger partial charge in [-0.3, -0.25) is 9.20 Å². The Morgan fingerprint density at radius 3 is 2.34 bits per heavy atom. The molecule has 3 heterocycles. The van der Waals surface area contributed by atoms with Gasteiger partial charge in [0, 0.05) is 24.6 Å². The Morgan fingerprint density at radius 2 is 1.78 bits per heavy atom. The van der Waals surface area contributed by atoms with Crippen LogP contribution in [0.1, 0.15) is 56.1 Å². The van der Waals surface area contributed by atoms with E-state index in [9.17, 15) is 18.0 Å². The number of hydrogen-bond acceptors (Lipinski definition) is 6. The lowest BCUT2D eigenvalue weighted by Gasteiger charge is -2.27. The zero-order valence-electron chi connectivity index (χ0n) is 16.9. The number of rotatable bonds is 3. The summed E-state index contributed by atoms with van der Waals surface area (Å²) in [4.78, 5) is 21.2. The highest BCUT2D eigenvalue weighted by Gasteiger charge is 2.34. The molecule has 0 atom stereocenters. The molecule has 4 rings (SSSR count). The first-order chi connectivity index (χ1) is 14.6. The molecular formula is C21H28F3N7O. The normalized spacial score (nSPS) is 18.2. The van der Waals surface area contributed by atoms with Crippen LogP contribution in [-0.2, 0) is 6.18 Å². The second kappa shape index (κ2) is 10.3. The molecule has 174 valence electrons. The predicted molar refractivity (Wildman–Crippen MR) is 117 cm³/mol. The van der Waals surface area contributed by atoms with Gasteiger partial charge < -0.3 is 16.8 Å². The van der Waals surface area contributed by atoms with Crippen LogP contribution < -0.4 is 16.8 Å². The Morgan fingerprint density at radius 1 is 1.16 bits per heavy atom. The fraction of sp³-hybridized carbons (Fsp3) is 0.429. The summed E-state index contributed by atoms with van der Waals surface area (Å²) >= 11 is 0. The molecule has 0 aliphatic heterocycles. The molecule has 0 radical (unpaired) electrons. The summed E-state index contributed by atoms with van der Waals surface area (Å²) in [5.41, 5.74) is 9.78. The molecule has 0 bridgehead atoms. The van der Waals surface area contributed by atoms with Crippen molar-refractivity contribution in [3.8, 4) is 0 Å². The lowest BCUT2D eigenvalue weighted by Crippen LogP contribution is -2.26. The molecule has 0 aromatic carbocycles. The number of pyridine rings is 1. The molecular weight excluding hydrogens is 423 g/mol. The van der Waals surface area contributed by atoms with Gasteiger partial charge in [0.25, 0.3) is 5.91 Å². The van der Waals surface area contributed by atoms with E-state index >= 15 is 0 Å². The Labute approximate surface area is 184 Å². The van der Waals surface area contributed by atoms with Gasteiger partial charge in [-0.05, 0) is 43.7 Å². The molecule has 8 nitrogen and oxygen atoms in total. The smallest absolute Gasteiger partial charge is 0.368 e. The summed E-state index contributed by atoms with van der Waals surface area (Å²) < 4.78 is 39.8. The van der Waals surface area contributed by atoms with E-state index in [-0.39, 0.29) is 18.9 Å². The average Bonchev–Trinajstić information content (AvgIpc) is 3.17. The number of amides is 1. The van der Waals surface area contributed by atoms with Gasteiger partial charge >= 0.3 is 6.18 Å². The maximum Gasteiger partial charge on any atom is 0.434 e. The van der Waals surface area contributed by atoms with Crippen LogP contribution in [0.5, 0.6) is 0 Å². The average molecular weight is 451 g/mol. The van der Waals surface area contributed by atoms with Crippen LogP contribution in [0.3, 0.4) is 0 Å². The predicted octanol–water partition coefficient (Wildman–Crippen LogP) is 4.14. The summed E-state index contributed by atoms with van der Waals surface area (Å²) in [6.45, 7) is 2.24. The maximum absolute atomic E-state index is 12.8. The number of halogens is 3. The van der Waals surface area contributed by atoms with E-state index in [4.69, 9.17) is 11.5 Å². The van der Waals surface area contributed by atoms with E-state index in [1.165, 1.54) is 16.8 Å². The fourth-order valence-electron chi connectivity index (χ4n) is 3.34. The summed E-state index contributed by atoms with van der Waals surface area (Å²) in [5, 5.41) is 3.36. The Bertz CT molecular complexity index is 1030. The highest BCUT2D eigenvalue weighted by atomic mass is 19.4. The maximum atomic E-state index is 12.8. The van der Waals surface area contributed by atoms with E-state index in [0.29, 0.717) is 17.5 Å². The van der Waals surface area contributed by atoms with Gasteiger partial charge in [0.1, 0.15) is 11.5 Å². The molecule has 0 saturated heterocycles. The van der Waals surface area contributed by atoms with Gasteiger partial charge in [-0.2, -0.15) is 13.2 Å². The van der Waals surface area contributed by atoms with E-state index in [0.717, 1.165) is 37.8 Å². The molecule has 1 fully saturated rings. The first-order valence-electron chi connectivity index (χ1n) is 9.82. The Kier molecular flexibility index (Phi) is 8.01. The van der Waals surface area contributed by atoms with Crippen molar-refractivity contribution in [1.82, 2.24) is 19.4 Å². The molecule has 1 saturated carbocycles. The number of aromatic nitrogens is 4. The SMILES string of the molecule is C.CC1CCC(Nc2cccc3nc(C(F)(F)F)cn23)CC1.NC(=O)c1cnc(N)nc1. The van der Waals surface area contributed by atoms with Crippen LogP contribution in [0.25, 0.3) is 5.65 Å². The number of nitrogens with two attached hydrogens (primary N) is 2. The number of imidazole rings is 1. The Balaban J connectivity index is 0.000000280. The largest absolute Gasteiger partial charge is 0.434 e. The van der Waals surface area contributed by atoms with Crippen molar-refractivity contribution in [2.75, 3.05) is 11.1 Å². The number of anilines is 2. The number of primary amides is 1. The van der Waals surface area contributed by atoms with Crippen molar-refractivity contribution < 1.29 is 18.0 Å². The fourth-order valence-corrected chi connectivity index (χ4v) is 3.34. The van der Waals surface area contributed by atoms with Crippen LogP contribution >= 0.6 is 0 Å². The third-order valence-corrected chi connectivity index (χ3v) is 5.11. The van der Waals surface area contributed by atoms with Gasteiger partial charge in [0.15, 0.2) is 5.69 Å². The highest BCUT2D eigenvalue weighted by molar-refractivity contribution is 5.92. The molecule has 3 aromatic rings. The lowest BCUT2D eigenvalue weighted by molar-refractivity contribution is -0.140. The zero-order chi connectivity index (χ0) is 22.6. The van der Waals surface area contributed by atoms with E-state index in [2.05, 4.69) is 27.2 Å². The second-order valence-electron chi connectivity index (χ2n) is 7.56. The van der Waals surface area contributed by atoms with Gasteiger partial charge in [0.2, 0.25) is 5.95 Å². The van der Waals surface area contributed by atoms with Crippen molar-refractivity contribution >= 4 is 23.3 Å². The first kappa shape index (κ1) is 24.9. The van der Waals surface area contributed by atoms with Gasteiger partial charge in [-0.1, -0.05) is 20.4 Å². The Hall–Kier alpha value is -3.37. The van der Waals surface area contributed by atoms with Gasteiger partial charge in [0.05, 0.1) is 5.56 Å². The third-order valence-electron chi connectivity index (χ3n) is 5.11. The number of nitrogens with one attached hydrogen (secondary N) is 1. The molecule has 5 N–H and O–H groups in total. The summed E-state index contributed by atoms with van der Waals surface area (Å²) in [6.07, 6.45) is 3.63. The second-order valence-corrected chi connectivity index (χ2v) is 7.56. The van der Waals surface area contributed by atoms with Crippen molar-refractivity contribution in [3.63, 3.8) is 0 Å². The van der Waals surface area contributed by atoms with Crippen molar-refractivity contribution in [3.05, 3.63) is 48.0 Å². The summed E-state index contributed by atoms with van der Waals surface area (Å²) in [5.74, 6) is 0.990. The number of fused-ring (bicyclic) bond motifs is 1. The minimum absolute atomic E-state index is 0. The summed E-state index contributed by atoms with van der Waals surface area (Å²) in [7, 11) is 0. The number of carbonyl (C=O) groups excluding carboxylic acids is 1. The van der Waals surface area contributed by atoms with Crippen LogP contribution in [0.4, 0.5) is 24.9 Å². The number of nitrogens with zero attached hydrogens (tertiary/aromatic N) is 4. The van der Waals surface area contributed by atoms with Crippen molar-refractivity contribution in [2.24, 2.45) is 11.7 Å². The topological polar surface area (TPSA) is 124 Å². The number of alkyl halides is 3. The third kappa shape index (κ3) is 6.32. The molecule has 3 aromatic heterocycles. The molecule has 1 aliphatic rings. The highest BCUT2D eigenvalue weighted by Crippen LogP contribution is 2.30. The minimum atomic E-state index is -4.41. The van der Waals surface area contributed by atoms with E-state index in [1.54, 1.807) is 18.2 Å². The molecule has 0 unspecified atom stereocenters. The van der Waals surface area contributed by atoms with Gasteiger partial charge in [-0.25, -0.2) is 15.0 Å². The molecule has 11 heteroatoms. The number of hydrogen-bond donors (Lipinski definition) is 3. The van der Waals surface area contributed by atoms with Crippen LogP contribution in [0, 0.1) is 5.92 Å². The van der Waals surface area contributed by atoms with E-state index in [1.807, 2.05) is 0 Å². The number of carbonyl (C=O) groups is 1. The molecule has 1 amide bonds. The molecule has 0 spiro atoms. The standard InChI is InChI=1S/C15H18F3N3.C5H6N4O.CH4/c1-10-5-7-11(8-6-10)19-13-3-2-4-14-20-12(9-21(13)14)15(16,17)18;6-4(10)3-1-8-5(7)9-2-3;/h2-4,9-11,19H,5-8H2,1H3;1-2H,(H2,6,10)(H2,7,8,9);1H4. The quantitative estimate of drug-likeness (QED) is 0.550. The van der Waals surface area contributed by atoms with Gasteiger partial charge in [-0.15, -0.1) is 0 Å². The monoisotopic (exact) mass is 451 g/mol.